The molecule has 0 spiro atoms. The molecule has 1 aromatic rings. The molecule has 0 aliphatic carbocycles. The molecule has 0 aromatic heterocycles. The first-order valence-electron chi connectivity index (χ1n) is 6.75. The van der Waals surface area contributed by atoms with Gasteiger partial charge in [-0.05, 0) is 23.3 Å². The van der Waals surface area contributed by atoms with E-state index in [1.807, 2.05) is 36.4 Å². The highest BCUT2D eigenvalue weighted by Crippen LogP contribution is 2.54. The van der Waals surface area contributed by atoms with Crippen LogP contribution in [0.5, 0.6) is 0 Å². The number of hydrogen-bond donors (Lipinski definition) is 0. The van der Waals surface area contributed by atoms with Gasteiger partial charge in [0.05, 0.1) is 0 Å². The van der Waals surface area contributed by atoms with Gasteiger partial charge in [-0.1, -0.05) is 24.3 Å². The van der Waals surface area contributed by atoms with Crippen LogP contribution in [-0.4, -0.2) is 25.2 Å². The predicted octanol–water partition coefficient (Wildman–Crippen LogP) is 1.80. The summed E-state index contributed by atoms with van der Waals surface area (Å²) < 4.78 is 16.5. The minimum absolute atomic E-state index is 0.109. The summed E-state index contributed by atoms with van der Waals surface area (Å²) in [6.07, 6.45) is 3.75. The predicted molar refractivity (Wildman–Crippen MR) is 73.3 cm³/mol. The monoisotopic (exact) mass is 288 g/mol. The minimum Gasteiger partial charge on any atom is -0.462 e. The molecular formula is C16H16O5. The number of rotatable bonds is 4. The Bertz CT molecular complexity index is 582. The van der Waals surface area contributed by atoms with Gasteiger partial charge in [0.15, 0.2) is 0 Å². The fourth-order valence-electron chi connectivity index (χ4n) is 2.90. The Morgan fingerprint density at radius 2 is 1.38 bits per heavy atom. The van der Waals surface area contributed by atoms with Crippen molar-refractivity contribution < 1.29 is 23.8 Å². The molecule has 0 radical (unpaired) electrons. The number of ether oxygens (including phenoxy) is 3. The molecule has 0 saturated carbocycles. The average molecular weight is 288 g/mol. The first-order valence-corrected chi connectivity index (χ1v) is 6.75. The van der Waals surface area contributed by atoms with E-state index in [-0.39, 0.29) is 25.2 Å². The van der Waals surface area contributed by atoms with Crippen molar-refractivity contribution in [1.82, 2.24) is 0 Å². The van der Waals surface area contributed by atoms with Gasteiger partial charge in [-0.15, -0.1) is 0 Å². The van der Waals surface area contributed by atoms with Crippen molar-refractivity contribution in [2.45, 2.75) is 25.0 Å². The fourth-order valence-corrected chi connectivity index (χ4v) is 2.90. The number of hydrogen-bond acceptors (Lipinski definition) is 5. The second-order valence-electron chi connectivity index (χ2n) is 5.32. The van der Waals surface area contributed by atoms with E-state index in [9.17, 15) is 9.59 Å². The highest BCUT2D eigenvalue weighted by Gasteiger charge is 2.56. The van der Waals surface area contributed by atoms with Gasteiger partial charge >= 0.3 is 11.9 Å². The van der Waals surface area contributed by atoms with Crippen LogP contribution in [0.4, 0.5) is 0 Å². The van der Waals surface area contributed by atoms with Gasteiger partial charge in [0, 0.05) is 13.8 Å². The molecule has 0 N–H and O–H groups in total. The zero-order valence-corrected chi connectivity index (χ0v) is 11.9. The van der Waals surface area contributed by atoms with Crippen molar-refractivity contribution in [3.8, 4) is 0 Å². The van der Waals surface area contributed by atoms with Crippen LogP contribution in [0, 0.1) is 0 Å². The number of esters is 2. The van der Waals surface area contributed by atoms with E-state index in [1.165, 1.54) is 13.8 Å². The van der Waals surface area contributed by atoms with Gasteiger partial charge in [-0.25, -0.2) is 0 Å². The quantitative estimate of drug-likeness (QED) is 0.624. The molecule has 2 aliphatic rings. The fraction of sp³-hybridized carbons (Fsp3) is 0.375. The smallest absolute Gasteiger partial charge is 0.302 e. The Morgan fingerprint density at radius 1 is 0.952 bits per heavy atom. The minimum atomic E-state index is -0.789. The van der Waals surface area contributed by atoms with Crippen LogP contribution in [0.3, 0.4) is 0 Å². The summed E-state index contributed by atoms with van der Waals surface area (Å²) in [5.41, 5.74) is 0.312. The van der Waals surface area contributed by atoms with E-state index in [1.54, 1.807) is 0 Å². The van der Waals surface area contributed by atoms with Crippen molar-refractivity contribution in [2.75, 3.05) is 13.2 Å². The molecule has 2 aliphatic heterocycles. The van der Waals surface area contributed by atoms with Crippen molar-refractivity contribution in [2.24, 2.45) is 0 Å². The van der Waals surface area contributed by atoms with Crippen molar-refractivity contribution in [1.29, 1.82) is 0 Å². The zero-order chi connectivity index (χ0) is 15.1. The molecule has 0 fully saturated rings. The van der Waals surface area contributed by atoms with E-state index in [4.69, 9.17) is 14.2 Å². The van der Waals surface area contributed by atoms with Crippen molar-refractivity contribution in [3.63, 3.8) is 0 Å². The summed E-state index contributed by atoms with van der Waals surface area (Å²) >= 11 is 0. The maximum Gasteiger partial charge on any atom is 0.302 e. The Balaban J connectivity index is 1.95. The SMILES string of the molecule is CC(=O)OCC12C=CC(COC(C)=O)(O1)c1ccccc12. The normalized spacial score (nSPS) is 28.3. The number of carbonyl (C=O) groups excluding carboxylic acids is 2. The standard InChI is InChI=1S/C16H16O5/c1-11(17)19-9-15-7-8-16(21-15,10-20-12(2)18)14-6-4-3-5-13(14)15/h3-8H,9-10H2,1-2H3. The van der Waals surface area contributed by atoms with Crippen molar-refractivity contribution in [3.05, 3.63) is 47.5 Å². The van der Waals surface area contributed by atoms with Crippen LogP contribution < -0.4 is 0 Å². The Morgan fingerprint density at radius 3 is 1.76 bits per heavy atom. The second-order valence-corrected chi connectivity index (χ2v) is 5.32. The number of fused-ring (bicyclic) bond motifs is 5. The first-order chi connectivity index (χ1) is 9.97. The van der Waals surface area contributed by atoms with E-state index < -0.39 is 11.2 Å². The first kappa shape index (κ1) is 13.8. The van der Waals surface area contributed by atoms with Gasteiger partial charge in [-0.3, -0.25) is 9.59 Å². The second kappa shape index (κ2) is 4.70. The molecule has 2 bridgehead atoms. The lowest BCUT2D eigenvalue weighted by Gasteiger charge is -2.25. The van der Waals surface area contributed by atoms with Gasteiger partial charge < -0.3 is 14.2 Å². The third kappa shape index (κ3) is 2.14. The molecule has 0 amide bonds. The summed E-state index contributed by atoms with van der Waals surface area (Å²) in [4.78, 5) is 22.2. The van der Waals surface area contributed by atoms with E-state index in [0.29, 0.717) is 0 Å². The maximum atomic E-state index is 11.1. The van der Waals surface area contributed by atoms with Gasteiger partial charge in [-0.2, -0.15) is 0 Å². The molecule has 2 heterocycles. The molecule has 3 rings (SSSR count). The van der Waals surface area contributed by atoms with Crippen LogP contribution in [0.1, 0.15) is 25.0 Å². The van der Waals surface area contributed by atoms with Crippen LogP contribution >= 0.6 is 0 Å². The molecule has 1 aromatic carbocycles. The van der Waals surface area contributed by atoms with E-state index in [2.05, 4.69) is 0 Å². The van der Waals surface area contributed by atoms with Gasteiger partial charge in [0.2, 0.25) is 0 Å². The molecule has 0 saturated heterocycles. The topological polar surface area (TPSA) is 61.8 Å². The Hall–Kier alpha value is -2.14. The lowest BCUT2D eigenvalue weighted by atomic mass is 9.82. The average Bonchev–Trinajstić information content (AvgIpc) is 2.97. The maximum absolute atomic E-state index is 11.1. The van der Waals surface area contributed by atoms with Crippen LogP contribution in [0.2, 0.25) is 0 Å². The van der Waals surface area contributed by atoms with E-state index in [0.717, 1.165) is 11.1 Å². The van der Waals surface area contributed by atoms with Crippen LogP contribution in [0.15, 0.2) is 36.4 Å². The van der Waals surface area contributed by atoms with Crippen LogP contribution in [-0.2, 0) is 35.0 Å². The molecule has 5 heteroatoms. The summed E-state index contributed by atoms with van der Waals surface area (Å²) in [5.74, 6) is -0.716. The highest BCUT2D eigenvalue weighted by molar-refractivity contribution is 5.67. The van der Waals surface area contributed by atoms with Gasteiger partial charge in [0.1, 0.15) is 24.4 Å². The largest absolute Gasteiger partial charge is 0.462 e. The molecule has 2 atom stereocenters. The molecule has 5 nitrogen and oxygen atoms in total. The van der Waals surface area contributed by atoms with Crippen molar-refractivity contribution >= 4 is 11.9 Å². The molecule has 21 heavy (non-hydrogen) atoms. The molecular weight excluding hydrogens is 272 g/mol. The third-order valence-electron chi connectivity index (χ3n) is 3.80. The Labute approximate surface area is 122 Å². The molecule has 110 valence electrons. The summed E-state index contributed by atoms with van der Waals surface area (Å²) in [6.45, 7) is 2.94. The van der Waals surface area contributed by atoms with E-state index >= 15 is 0 Å². The zero-order valence-electron chi connectivity index (χ0n) is 11.9. The Kier molecular flexibility index (Phi) is 3.10. The number of carbonyl (C=O) groups is 2. The highest BCUT2D eigenvalue weighted by atomic mass is 16.6. The third-order valence-corrected chi connectivity index (χ3v) is 3.80. The van der Waals surface area contributed by atoms with Crippen LogP contribution in [0.25, 0.3) is 0 Å². The lowest BCUT2D eigenvalue weighted by Crippen LogP contribution is -2.32. The van der Waals surface area contributed by atoms with Gasteiger partial charge in [0.25, 0.3) is 0 Å². The summed E-state index contributed by atoms with van der Waals surface area (Å²) in [6, 6.07) is 7.70. The number of benzene rings is 1. The lowest BCUT2D eigenvalue weighted by molar-refractivity contribution is -0.165. The summed E-state index contributed by atoms with van der Waals surface area (Å²) in [5, 5.41) is 0. The summed E-state index contributed by atoms with van der Waals surface area (Å²) in [7, 11) is 0. The molecule has 2 unspecified atom stereocenters.